The number of nitrogens with one attached hydrogen (secondary N) is 1. The van der Waals surface area contributed by atoms with E-state index in [1.54, 1.807) is 11.3 Å². The molecule has 3 aromatic rings. The normalized spacial score (nSPS) is 16.1. The van der Waals surface area contributed by atoms with Crippen LogP contribution in [0.2, 0.25) is 0 Å². The number of rotatable bonds is 5. The van der Waals surface area contributed by atoms with Crippen LogP contribution in [-0.4, -0.2) is 30.4 Å². The number of likely N-dealkylation sites (tertiary alicyclic amines) is 1. The fourth-order valence-corrected chi connectivity index (χ4v) is 4.77. The van der Waals surface area contributed by atoms with Crippen LogP contribution in [0.25, 0.3) is 11.0 Å². The zero-order chi connectivity index (χ0) is 19.0. The maximum atomic E-state index is 12.9. The van der Waals surface area contributed by atoms with Crippen LogP contribution in [0.15, 0.2) is 34.1 Å². The summed E-state index contributed by atoms with van der Waals surface area (Å²) in [5, 5.41) is 6.26. The highest BCUT2D eigenvalue weighted by atomic mass is 32.1. The molecular formula is C22H26N2O2S. The van der Waals surface area contributed by atoms with Gasteiger partial charge in [-0.1, -0.05) is 6.07 Å². The van der Waals surface area contributed by atoms with Crippen LogP contribution in [0.4, 0.5) is 0 Å². The highest BCUT2D eigenvalue weighted by molar-refractivity contribution is 7.10. The maximum absolute atomic E-state index is 12.9. The Hall–Kier alpha value is -2.11. The number of benzene rings is 1. The molecule has 1 fully saturated rings. The smallest absolute Gasteiger partial charge is 0.287 e. The summed E-state index contributed by atoms with van der Waals surface area (Å²) in [4.78, 5) is 16.7. The second kappa shape index (κ2) is 7.49. The van der Waals surface area contributed by atoms with Crippen LogP contribution in [-0.2, 0) is 0 Å². The standard InChI is InChI=1S/C22H26N2O2S/c1-14-11-17-16(3)21(26-19(17)12-15(14)2)22(25)23-13-18(20-7-6-10-27-20)24-8-4-5-9-24/h6-7,10-12,18H,4-5,8-9,13H2,1-3H3,(H,23,25)/t18-/m0/s1. The van der Waals surface area contributed by atoms with E-state index in [1.165, 1.54) is 28.8 Å². The molecule has 0 saturated carbocycles. The van der Waals surface area contributed by atoms with Gasteiger partial charge in [0.15, 0.2) is 5.76 Å². The number of fused-ring (bicyclic) bond motifs is 1. The second-order valence-corrected chi connectivity index (χ2v) is 8.45. The molecule has 27 heavy (non-hydrogen) atoms. The summed E-state index contributed by atoms with van der Waals surface area (Å²) in [6.07, 6.45) is 2.47. The van der Waals surface area contributed by atoms with Crippen molar-refractivity contribution in [3.63, 3.8) is 0 Å². The molecule has 1 aliphatic heterocycles. The van der Waals surface area contributed by atoms with Crippen LogP contribution in [0.1, 0.15) is 51.0 Å². The van der Waals surface area contributed by atoms with E-state index in [0.29, 0.717) is 12.3 Å². The van der Waals surface area contributed by atoms with Crippen molar-refractivity contribution in [3.8, 4) is 0 Å². The largest absolute Gasteiger partial charge is 0.451 e. The van der Waals surface area contributed by atoms with Gasteiger partial charge >= 0.3 is 0 Å². The average molecular weight is 383 g/mol. The predicted octanol–water partition coefficient (Wildman–Crippen LogP) is 4.99. The summed E-state index contributed by atoms with van der Waals surface area (Å²) >= 11 is 1.76. The fraction of sp³-hybridized carbons (Fsp3) is 0.409. The molecule has 1 atom stereocenters. The van der Waals surface area contributed by atoms with Gasteiger partial charge in [0.25, 0.3) is 5.91 Å². The third kappa shape index (κ3) is 3.54. The Balaban J connectivity index is 1.54. The van der Waals surface area contributed by atoms with Crippen LogP contribution in [0.3, 0.4) is 0 Å². The molecular weight excluding hydrogens is 356 g/mol. The minimum Gasteiger partial charge on any atom is -0.451 e. The first-order valence-corrected chi connectivity index (χ1v) is 10.5. The molecule has 4 nitrogen and oxygen atoms in total. The highest BCUT2D eigenvalue weighted by Crippen LogP contribution is 2.30. The van der Waals surface area contributed by atoms with Gasteiger partial charge in [-0.2, -0.15) is 0 Å². The van der Waals surface area contributed by atoms with Crippen molar-refractivity contribution in [2.45, 2.75) is 39.7 Å². The van der Waals surface area contributed by atoms with E-state index >= 15 is 0 Å². The third-order valence-electron chi connectivity index (χ3n) is 5.67. The zero-order valence-electron chi connectivity index (χ0n) is 16.2. The van der Waals surface area contributed by atoms with Crippen LogP contribution < -0.4 is 5.32 Å². The number of carbonyl (C=O) groups is 1. The molecule has 2 aromatic heterocycles. The summed E-state index contributed by atoms with van der Waals surface area (Å²) in [6.45, 7) is 8.92. The van der Waals surface area contributed by atoms with Crippen molar-refractivity contribution >= 4 is 28.2 Å². The quantitative estimate of drug-likeness (QED) is 0.676. The molecule has 142 valence electrons. The van der Waals surface area contributed by atoms with E-state index in [0.717, 1.165) is 29.6 Å². The van der Waals surface area contributed by atoms with E-state index in [9.17, 15) is 4.79 Å². The Bertz CT molecular complexity index is 953. The molecule has 1 saturated heterocycles. The van der Waals surface area contributed by atoms with Gasteiger partial charge < -0.3 is 9.73 Å². The lowest BCUT2D eigenvalue weighted by atomic mass is 10.0. The molecule has 0 radical (unpaired) electrons. The molecule has 3 heterocycles. The third-order valence-corrected chi connectivity index (χ3v) is 6.64. The lowest BCUT2D eigenvalue weighted by Gasteiger charge is -2.26. The van der Waals surface area contributed by atoms with E-state index < -0.39 is 0 Å². The first-order valence-electron chi connectivity index (χ1n) is 9.60. The second-order valence-electron chi connectivity index (χ2n) is 7.47. The Morgan fingerprint density at radius 1 is 1.22 bits per heavy atom. The van der Waals surface area contributed by atoms with Gasteiger partial charge in [-0.15, -0.1) is 11.3 Å². The van der Waals surface area contributed by atoms with E-state index in [2.05, 4.69) is 47.6 Å². The zero-order valence-corrected chi connectivity index (χ0v) is 17.0. The molecule has 1 aliphatic rings. The Morgan fingerprint density at radius 3 is 2.67 bits per heavy atom. The number of hydrogen-bond acceptors (Lipinski definition) is 4. The number of hydrogen-bond donors (Lipinski definition) is 1. The number of furan rings is 1. The molecule has 4 rings (SSSR count). The van der Waals surface area contributed by atoms with Crippen LogP contribution in [0, 0.1) is 20.8 Å². The van der Waals surface area contributed by atoms with Gasteiger partial charge in [0, 0.05) is 22.4 Å². The minimum absolute atomic E-state index is 0.125. The molecule has 1 N–H and O–H groups in total. The van der Waals surface area contributed by atoms with E-state index in [1.807, 2.05) is 13.0 Å². The molecule has 5 heteroatoms. The number of amides is 1. The minimum atomic E-state index is -0.125. The monoisotopic (exact) mass is 382 g/mol. The summed E-state index contributed by atoms with van der Waals surface area (Å²) < 4.78 is 5.92. The number of nitrogens with zero attached hydrogens (tertiary/aromatic N) is 1. The first kappa shape index (κ1) is 18.3. The summed E-state index contributed by atoms with van der Waals surface area (Å²) in [6, 6.07) is 8.62. The van der Waals surface area contributed by atoms with Crippen molar-refractivity contribution in [2.75, 3.05) is 19.6 Å². The molecule has 1 amide bonds. The molecule has 0 bridgehead atoms. The van der Waals surface area contributed by atoms with Crippen molar-refractivity contribution in [2.24, 2.45) is 0 Å². The topological polar surface area (TPSA) is 45.5 Å². The lowest BCUT2D eigenvalue weighted by Crippen LogP contribution is -2.36. The Kier molecular flexibility index (Phi) is 5.06. The van der Waals surface area contributed by atoms with Crippen LogP contribution >= 0.6 is 11.3 Å². The SMILES string of the molecule is Cc1cc2oc(C(=O)NC[C@@H](c3cccs3)N3CCCC3)c(C)c2cc1C. The van der Waals surface area contributed by atoms with Crippen molar-refractivity contribution in [1.29, 1.82) is 0 Å². The first-order chi connectivity index (χ1) is 13.0. The molecule has 0 unspecified atom stereocenters. The molecule has 0 spiro atoms. The van der Waals surface area contributed by atoms with Gasteiger partial charge in [-0.25, -0.2) is 0 Å². The van der Waals surface area contributed by atoms with Crippen LogP contribution in [0.5, 0.6) is 0 Å². The van der Waals surface area contributed by atoms with Gasteiger partial charge in [0.2, 0.25) is 0 Å². The number of carbonyl (C=O) groups excluding carboxylic acids is 1. The fourth-order valence-electron chi connectivity index (χ4n) is 3.91. The van der Waals surface area contributed by atoms with Crippen molar-refractivity contribution < 1.29 is 9.21 Å². The van der Waals surface area contributed by atoms with Gasteiger partial charge in [-0.3, -0.25) is 9.69 Å². The van der Waals surface area contributed by atoms with E-state index in [-0.39, 0.29) is 11.9 Å². The highest BCUT2D eigenvalue weighted by Gasteiger charge is 2.26. The summed E-state index contributed by atoms with van der Waals surface area (Å²) in [7, 11) is 0. The molecule has 0 aliphatic carbocycles. The lowest BCUT2D eigenvalue weighted by molar-refractivity contribution is 0.0912. The predicted molar refractivity (Wildman–Crippen MR) is 111 cm³/mol. The van der Waals surface area contributed by atoms with Crippen molar-refractivity contribution in [3.05, 3.63) is 57.0 Å². The van der Waals surface area contributed by atoms with Gasteiger partial charge in [0.1, 0.15) is 5.58 Å². The Morgan fingerprint density at radius 2 is 1.96 bits per heavy atom. The van der Waals surface area contributed by atoms with Crippen molar-refractivity contribution in [1.82, 2.24) is 10.2 Å². The Labute approximate surface area is 164 Å². The number of thiophene rings is 1. The summed E-state index contributed by atoms with van der Waals surface area (Å²) in [5.74, 6) is 0.307. The summed E-state index contributed by atoms with van der Waals surface area (Å²) in [5.41, 5.74) is 4.09. The average Bonchev–Trinajstić information content (AvgIpc) is 3.39. The van der Waals surface area contributed by atoms with Gasteiger partial charge in [-0.05, 0) is 81.4 Å². The molecule has 1 aromatic carbocycles. The maximum Gasteiger partial charge on any atom is 0.287 e. The van der Waals surface area contributed by atoms with Gasteiger partial charge in [0.05, 0.1) is 6.04 Å². The number of aryl methyl sites for hydroxylation is 3. The van der Waals surface area contributed by atoms with E-state index in [4.69, 9.17) is 4.42 Å².